The van der Waals surface area contributed by atoms with Crippen molar-refractivity contribution in [3.05, 3.63) is 30.1 Å². The molecule has 0 unspecified atom stereocenters. The van der Waals surface area contributed by atoms with Gasteiger partial charge in [-0.2, -0.15) is 18.3 Å². The molecule has 2 aromatic rings. The molecule has 10 heteroatoms. The molecule has 2 aromatic heterocycles. The Balaban J connectivity index is 1.62. The van der Waals surface area contributed by atoms with Gasteiger partial charge in [0.05, 0.1) is 6.54 Å². The lowest BCUT2D eigenvalue weighted by Crippen LogP contribution is -2.47. The highest BCUT2D eigenvalue weighted by atomic mass is 19.4. The van der Waals surface area contributed by atoms with E-state index in [1.165, 1.54) is 6.33 Å². The van der Waals surface area contributed by atoms with E-state index in [9.17, 15) is 13.2 Å². The van der Waals surface area contributed by atoms with Crippen LogP contribution in [0.25, 0.3) is 0 Å². The number of hydrogen-bond donors (Lipinski definition) is 0. The number of anilines is 1. The Labute approximate surface area is 130 Å². The second-order valence-corrected chi connectivity index (χ2v) is 5.30. The molecule has 0 saturated carbocycles. The molecule has 1 fully saturated rings. The maximum Gasteiger partial charge on any atom is 0.433 e. The summed E-state index contributed by atoms with van der Waals surface area (Å²) >= 11 is 0. The maximum atomic E-state index is 12.7. The third-order valence-corrected chi connectivity index (χ3v) is 3.76. The monoisotopic (exact) mass is 327 g/mol. The van der Waals surface area contributed by atoms with Crippen molar-refractivity contribution in [2.45, 2.75) is 12.7 Å². The summed E-state index contributed by atoms with van der Waals surface area (Å²) < 4.78 is 39.9. The van der Waals surface area contributed by atoms with Crippen LogP contribution in [-0.4, -0.2) is 55.8 Å². The maximum absolute atomic E-state index is 12.7. The zero-order chi connectivity index (χ0) is 16.4. The lowest BCUT2D eigenvalue weighted by atomic mass is 10.3. The van der Waals surface area contributed by atoms with Gasteiger partial charge in [-0.3, -0.25) is 9.58 Å². The van der Waals surface area contributed by atoms with Crippen molar-refractivity contribution >= 4 is 5.95 Å². The fourth-order valence-electron chi connectivity index (χ4n) is 2.43. The average Bonchev–Trinajstić information content (AvgIpc) is 2.92. The molecule has 0 radical (unpaired) electrons. The second kappa shape index (κ2) is 6.11. The summed E-state index contributed by atoms with van der Waals surface area (Å²) in [6.45, 7) is 3.20. The minimum absolute atomic E-state index is 0.123. The van der Waals surface area contributed by atoms with Crippen molar-refractivity contribution < 1.29 is 13.2 Å². The highest BCUT2D eigenvalue weighted by Gasteiger charge is 2.33. The molecule has 7 nitrogen and oxygen atoms in total. The average molecular weight is 327 g/mol. The summed E-state index contributed by atoms with van der Waals surface area (Å²) in [5, 5.41) is 4.02. The van der Waals surface area contributed by atoms with Crippen LogP contribution < -0.4 is 4.90 Å². The van der Waals surface area contributed by atoms with Gasteiger partial charge < -0.3 is 4.90 Å². The topological polar surface area (TPSA) is 63.0 Å². The Hall–Kier alpha value is -2.23. The third-order valence-electron chi connectivity index (χ3n) is 3.76. The first kappa shape index (κ1) is 15.7. The third kappa shape index (κ3) is 3.58. The van der Waals surface area contributed by atoms with Crippen LogP contribution in [0.4, 0.5) is 19.1 Å². The van der Waals surface area contributed by atoms with Crippen molar-refractivity contribution in [1.29, 1.82) is 0 Å². The van der Waals surface area contributed by atoms with E-state index in [-0.39, 0.29) is 5.95 Å². The van der Waals surface area contributed by atoms with Crippen molar-refractivity contribution in [1.82, 2.24) is 29.6 Å². The number of hydrogen-bond acceptors (Lipinski definition) is 6. The molecule has 0 N–H and O–H groups in total. The molecule has 0 amide bonds. The molecular formula is C13H16F3N7. The van der Waals surface area contributed by atoms with Crippen LogP contribution in [0.1, 0.15) is 11.5 Å². The smallest absolute Gasteiger partial charge is 0.338 e. The number of aryl methyl sites for hydroxylation is 1. The Morgan fingerprint density at radius 3 is 2.48 bits per heavy atom. The van der Waals surface area contributed by atoms with Crippen LogP contribution in [0.2, 0.25) is 0 Å². The highest BCUT2D eigenvalue weighted by molar-refractivity contribution is 5.31. The number of rotatable bonds is 3. The van der Waals surface area contributed by atoms with Crippen LogP contribution in [0.15, 0.2) is 18.6 Å². The Bertz CT molecular complexity index is 662. The fourth-order valence-corrected chi connectivity index (χ4v) is 2.43. The highest BCUT2D eigenvalue weighted by Crippen LogP contribution is 2.28. The number of alkyl halides is 3. The van der Waals surface area contributed by atoms with Gasteiger partial charge in [-0.1, -0.05) is 0 Å². The van der Waals surface area contributed by atoms with Crippen molar-refractivity contribution in [2.24, 2.45) is 7.05 Å². The van der Waals surface area contributed by atoms with Gasteiger partial charge in [0.15, 0.2) is 0 Å². The number of aromatic nitrogens is 5. The van der Waals surface area contributed by atoms with Gasteiger partial charge in [0.25, 0.3) is 0 Å². The quantitative estimate of drug-likeness (QED) is 0.836. The fraction of sp³-hybridized carbons (Fsp3) is 0.538. The lowest BCUT2D eigenvalue weighted by molar-refractivity contribution is -0.141. The molecule has 23 heavy (non-hydrogen) atoms. The number of piperazine rings is 1. The van der Waals surface area contributed by atoms with E-state index in [0.717, 1.165) is 18.1 Å². The Morgan fingerprint density at radius 1 is 1.13 bits per heavy atom. The molecule has 0 aromatic carbocycles. The molecule has 0 aliphatic carbocycles. The molecule has 3 heterocycles. The van der Waals surface area contributed by atoms with Crippen LogP contribution in [0.3, 0.4) is 0 Å². The second-order valence-electron chi connectivity index (χ2n) is 5.30. The van der Waals surface area contributed by atoms with Crippen LogP contribution in [0, 0.1) is 0 Å². The lowest BCUT2D eigenvalue weighted by Gasteiger charge is -2.34. The predicted octanol–water partition coefficient (Wildman–Crippen LogP) is 0.946. The molecule has 0 spiro atoms. The normalized spacial score (nSPS) is 16.8. The van der Waals surface area contributed by atoms with E-state index in [0.29, 0.717) is 32.7 Å². The SMILES string of the molecule is Cn1ncnc1CN1CCN(c2nccc(C(F)(F)F)n2)CC1. The van der Waals surface area contributed by atoms with Crippen molar-refractivity contribution in [3.8, 4) is 0 Å². The first-order chi connectivity index (χ1) is 10.9. The van der Waals surface area contributed by atoms with E-state index >= 15 is 0 Å². The Morgan fingerprint density at radius 2 is 1.87 bits per heavy atom. The van der Waals surface area contributed by atoms with Crippen molar-refractivity contribution in [3.63, 3.8) is 0 Å². The van der Waals surface area contributed by atoms with Gasteiger partial charge in [-0.25, -0.2) is 15.0 Å². The largest absolute Gasteiger partial charge is 0.433 e. The first-order valence-electron chi connectivity index (χ1n) is 7.14. The van der Waals surface area contributed by atoms with Crippen molar-refractivity contribution in [2.75, 3.05) is 31.1 Å². The van der Waals surface area contributed by atoms with Crippen LogP contribution in [-0.2, 0) is 19.8 Å². The van der Waals surface area contributed by atoms with Gasteiger partial charge in [-0.05, 0) is 6.07 Å². The molecule has 1 aliphatic heterocycles. The van der Waals surface area contributed by atoms with Gasteiger partial charge in [0.2, 0.25) is 5.95 Å². The first-order valence-corrected chi connectivity index (χ1v) is 7.14. The van der Waals surface area contributed by atoms with E-state index in [1.807, 2.05) is 7.05 Å². The van der Waals surface area contributed by atoms with E-state index in [2.05, 4.69) is 25.0 Å². The summed E-state index contributed by atoms with van der Waals surface area (Å²) in [6.07, 6.45) is -1.80. The number of nitrogens with zero attached hydrogens (tertiary/aromatic N) is 7. The van der Waals surface area contributed by atoms with Crippen LogP contribution >= 0.6 is 0 Å². The zero-order valence-electron chi connectivity index (χ0n) is 12.5. The van der Waals surface area contributed by atoms with Gasteiger partial charge >= 0.3 is 6.18 Å². The molecule has 3 rings (SSSR count). The molecule has 0 atom stereocenters. The summed E-state index contributed by atoms with van der Waals surface area (Å²) in [7, 11) is 1.83. The molecule has 1 saturated heterocycles. The van der Waals surface area contributed by atoms with E-state index in [4.69, 9.17) is 0 Å². The molecule has 124 valence electrons. The predicted molar refractivity (Wildman–Crippen MR) is 75.5 cm³/mol. The summed E-state index contributed by atoms with van der Waals surface area (Å²) in [5.74, 6) is 0.979. The standard InChI is InChI=1S/C13H16F3N7/c1-21-11(18-9-19-21)8-22-4-6-23(7-5-22)12-17-3-2-10(20-12)13(14,15)16/h2-3,9H,4-8H2,1H3. The van der Waals surface area contributed by atoms with Gasteiger partial charge in [0.1, 0.15) is 17.8 Å². The Kier molecular flexibility index (Phi) is 4.16. The molecular weight excluding hydrogens is 311 g/mol. The minimum atomic E-state index is -4.45. The molecule has 0 bridgehead atoms. The summed E-state index contributed by atoms with van der Waals surface area (Å²) in [5.41, 5.74) is -0.913. The van der Waals surface area contributed by atoms with Crippen LogP contribution in [0.5, 0.6) is 0 Å². The van der Waals surface area contributed by atoms with E-state index < -0.39 is 11.9 Å². The van der Waals surface area contributed by atoms with E-state index in [1.54, 1.807) is 9.58 Å². The van der Waals surface area contributed by atoms with Gasteiger partial charge in [0, 0.05) is 39.4 Å². The molecule has 1 aliphatic rings. The summed E-state index contributed by atoms with van der Waals surface area (Å²) in [6, 6.07) is 0.883. The summed E-state index contributed by atoms with van der Waals surface area (Å²) in [4.78, 5) is 15.7. The zero-order valence-corrected chi connectivity index (χ0v) is 12.5. The van der Waals surface area contributed by atoms with Gasteiger partial charge in [-0.15, -0.1) is 0 Å². The minimum Gasteiger partial charge on any atom is -0.338 e. The number of halogens is 3.